The summed E-state index contributed by atoms with van der Waals surface area (Å²) in [6, 6.07) is 8.27. The second-order valence-corrected chi connectivity index (χ2v) is 3.25. The Kier molecular flexibility index (Phi) is 3.71. The molecule has 1 unspecified atom stereocenters. The summed E-state index contributed by atoms with van der Waals surface area (Å²) in [4.78, 5) is 0. The second-order valence-electron chi connectivity index (χ2n) is 3.25. The van der Waals surface area contributed by atoms with Crippen LogP contribution in [0.4, 0.5) is 0 Å². The molecule has 1 aromatic rings. The maximum atomic E-state index is 8.95. The second kappa shape index (κ2) is 4.83. The van der Waals surface area contributed by atoms with Crippen molar-refractivity contribution >= 4 is 6.08 Å². The third kappa shape index (κ3) is 2.71. The molecule has 0 fully saturated rings. The summed E-state index contributed by atoms with van der Waals surface area (Å²) in [5.41, 5.74) is 2.40. The fourth-order valence-corrected chi connectivity index (χ4v) is 1.23. The van der Waals surface area contributed by atoms with E-state index in [0.29, 0.717) is 0 Å². The predicted octanol–water partition coefficient (Wildman–Crippen LogP) is 2.82. The quantitative estimate of drug-likeness (QED) is 0.750. The Bertz CT molecular complexity index is 272. The monoisotopic (exact) mass is 176 g/mol. The first-order chi connectivity index (χ1) is 6.27. The normalized spacial score (nSPS) is 13.5. The molecule has 1 aromatic carbocycles. The van der Waals surface area contributed by atoms with Gasteiger partial charge in [0.25, 0.3) is 0 Å². The van der Waals surface area contributed by atoms with Gasteiger partial charge in [0, 0.05) is 12.5 Å². The van der Waals surface area contributed by atoms with E-state index in [1.54, 1.807) is 0 Å². The Morgan fingerprint density at radius 1 is 1.31 bits per heavy atom. The van der Waals surface area contributed by atoms with Crippen molar-refractivity contribution < 1.29 is 5.11 Å². The van der Waals surface area contributed by atoms with Crippen molar-refractivity contribution in [3.8, 4) is 0 Å². The van der Waals surface area contributed by atoms with Gasteiger partial charge in [-0.15, -0.1) is 0 Å². The van der Waals surface area contributed by atoms with Crippen LogP contribution < -0.4 is 0 Å². The van der Waals surface area contributed by atoms with Crippen LogP contribution in [0.5, 0.6) is 0 Å². The highest BCUT2D eigenvalue weighted by Crippen LogP contribution is 2.15. The molecule has 0 radical (unpaired) electrons. The minimum atomic E-state index is 0.211. The maximum Gasteiger partial charge on any atom is 0.0497 e. The van der Waals surface area contributed by atoms with Crippen molar-refractivity contribution in [3.05, 3.63) is 41.5 Å². The molecule has 0 bridgehead atoms. The van der Waals surface area contributed by atoms with Crippen LogP contribution in [0.2, 0.25) is 0 Å². The molecule has 0 amide bonds. The lowest BCUT2D eigenvalue weighted by Crippen LogP contribution is -1.97. The summed E-state index contributed by atoms with van der Waals surface area (Å²) in [6.07, 6.45) is 4.08. The van der Waals surface area contributed by atoms with E-state index in [2.05, 4.69) is 30.3 Å². The van der Waals surface area contributed by atoms with Crippen LogP contribution >= 0.6 is 0 Å². The molecule has 1 rings (SSSR count). The van der Waals surface area contributed by atoms with Crippen molar-refractivity contribution in [2.24, 2.45) is 0 Å². The fourth-order valence-electron chi connectivity index (χ4n) is 1.23. The molecule has 1 N–H and O–H groups in total. The lowest BCUT2D eigenvalue weighted by molar-refractivity contribution is 0.273. The molecule has 0 saturated heterocycles. The molecule has 0 aliphatic carbocycles. The predicted molar refractivity (Wildman–Crippen MR) is 56.7 cm³/mol. The van der Waals surface area contributed by atoms with Gasteiger partial charge < -0.3 is 5.11 Å². The molecule has 0 aliphatic rings. The first kappa shape index (κ1) is 10.0. The molecule has 1 atom stereocenters. The Labute approximate surface area is 79.7 Å². The van der Waals surface area contributed by atoms with Gasteiger partial charge in [-0.25, -0.2) is 0 Å². The molecule has 13 heavy (non-hydrogen) atoms. The van der Waals surface area contributed by atoms with E-state index in [4.69, 9.17) is 5.11 Å². The number of allylic oxidation sites excluding steroid dienone is 1. The van der Waals surface area contributed by atoms with E-state index >= 15 is 0 Å². The summed E-state index contributed by atoms with van der Waals surface area (Å²) < 4.78 is 0. The Morgan fingerprint density at radius 3 is 2.38 bits per heavy atom. The van der Waals surface area contributed by atoms with E-state index in [0.717, 1.165) is 0 Å². The number of hydrogen-bond donors (Lipinski definition) is 1. The van der Waals surface area contributed by atoms with Crippen LogP contribution in [0.25, 0.3) is 6.08 Å². The zero-order chi connectivity index (χ0) is 9.68. The van der Waals surface area contributed by atoms with Crippen LogP contribution in [0.3, 0.4) is 0 Å². The number of rotatable bonds is 3. The SMILES string of the molecule is C/C=C/c1ccc(C(C)CO)cc1. The number of hydrogen-bond acceptors (Lipinski definition) is 1. The van der Waals surface area contributed by atoms with E-state index in [9.17, 15) is 0 Å². The van der Waals surface area contributed by atoms with Gasteiger partial charge in [0.15, 0.2) is 0 Å². The molecule has 0 spiro atoms. The lowest BCUT2D eigenvalue weighted by Gasteiger charge is -2.07. The van der Waals surface area contributed by atoms with Crippen LogP contribution in [0, 0.1) is 0 Å². The van der Waals surface area contributed by atoms with Gasteiger partial charge in [-0.2, -0.15) is 0 Å². The zero-order valence-electron chi connectivity index (χ0n) is 8.20. The van der Waals surface area contributed by atoms with Gasteiger partial charge in [0.2, 0.25) is 0 Å². The lowest BCUT2D eigenvalue weighted by atomic mass is 10.0. The minimum absolute atomic E-state index is 0.211. The Morgan fingerprint density at radius 2 is 1.92 bits per heavy atom. The summed E-state index contributed by atoms with van der Waals surface area (Å²) in [7, 11) is 0. The van der Waals surface area contributed by atoms with Crippen LogP contribution in [-0.2, 0) is 0 Å². The number of benzene rings is 1. The molecule has 1 heteroatoms. The van der Waals surface area contributed by atoms with Gasteiger partial charge in [0.05, 0.1) is 0 Å². The van der Waals surface area contributed by atoms with Crippen LogP contribution in [0.15, 0.2) is 30.3 Å². The third-order valence-corrected chi connectivity index (χ3v) is 2.14. The Hall–Kier alpha value is -1.08. The average Bonchev–Trinajstić information content (AvgIpc) is 2.18. The highest BCUT2D eigenvalue weighted by Gasteiger charge is 2.01. The minimum Gasteiger partial charge on any atom is -0.396 e. The summed E-state index contributed by atoms with van der Waals surface area (Å²) >= 11 is 0. The van der Waals surface area contributed by atoms with E-state index in [1.807, 2.05) is 19.9 Å². The molecule has 1 nitrogen and oxygen atoms in total. The average molecular weight is 176 g/mol. The summed E-state index contributed by atoms with van der Waals surface area (Å²) in [5, 5.41) is 8.95. The molecular weight excluding hydrogens is 160 g/mol. The molecular formula is C12H16O. The van der Waals surface area contributed by atoms with Crippen LogP contribution in [0.1, 0.15) is 30.9 Å². The zero-order valence-corrected chi connectivity index (χ0v) is 8.20. The van der Waals surface area contributed by atoms with Crippen molar-refractivity contribution in [2.75, 3.05) is 6.61 Å². The standard InChI is InChI=1S/C12H16O/c1-3-4-11-5-7-12(8-6-11)10(2)9-13/h3-8,10,13H,9H2,1-2H3/b4-3+. The van der Waals surface area contributed by atoms with Gasteiger partial charge >= 0.3 is 0 Å². The highest BCUT2D eigenvalue weighted by atomic mass is 16.3. The van der Waals surface area contributed by atoms with Crippen molar-refractivity contribution in [2.45, 2.75) is 19.8 Å². The summed E-state index contributed by atoms with van der Waals surface area (Å²) in [6.45, 7) is 4.23. The van der Waals surface area contributed by atoms with Gasteiger partial charge in [-0.3, -0.25) is 0 Å². The smallest absolute Gasteiger partial charge is 0.0497 e. The fraction of sp³-hybridized carbons (Fsp3) is 0.333. The van der Waals surface area contributed by atoms with Crippen LogP contribution in [-0.4, -0.2) is 11.7 Å². The Balaban J connectivity index is 2.80. The first-order valence-electron chi connectivity index (χ1n) is 4.61. The van der Waals surface area contributed by atoms with E-state index in [-0.39, 0.29) is 12.5 Å². The number of aliphatic hydroxyl groups excluding tert-OH is 1. The molecule has 70 valence electrons. The van der Waals surface area contributed by atoms with Crippen molar-refractivity contribution in [3.63, 3.8) is 0 Å². The molecule has 0 aliphatic heterocycles. The topological polar surface area (TPSA) is 20.2 Å². The first-order valence-corrected chi connectivity index (χ1v) is 4.61. The van der Waals surface area contributed by atoms with Gasteiger partial charge in [-0.05, 0) is 18.1 Å². The third-order valence-electron chi connectivity index (χ3n) is 2.14. The largest absolute Gasteiger partial charge is 0.396 e. The molecule has 0 heterocycles. The van der Waals surface area contributed by atoms with E-state index < -0.39 is 0 Å². The van der Waals surface area contributed by atoms with Crippen molar-refractivity contribution in [1.82, 2.24) is 0 Å². The van der Waals surface area contributed by atoms with E-state index in [1.165, 1.54) is 11.1 Å². The molecule has 0 aromatic heterocycles. The summed E-state index contributed by atoms with van der Waals surface area (Å²) in [5.74, 6) is 0.236. The number of aliphatic hydroxyl groups is 1. The van der Waals surface area contributed by atoms with Gasteiger partial charge in [0.1, 0.15) is 0 Å². The molecule has 0 saturated carbocycles. The van der Waals surface area contributed by atoms with Gasteiger partial charge in [-0.1, -0.05) is 43.3 Å². The maximum absolute atomic E-state index is 8.95. The van der Waals surface area contributed by atoms with Crippen molar-refractivity contribution in [1.29, 1.82) is 0 Å². The highest BCUT2D eigenvalue weighted by molar-refractivity contribution is 5.49.